The van der Waals surface area contributed by atoms with E-state index in [0.717, 1.165) is 60.7 Å². The van der Waals surface area contributed by atoms with Crippen LogP contribution in [-0.4, -0.2) is 45.4 Å². The van der Waals surface area contributed by atoms with Crippen LogP contribution in [0.5, 0.6) is 0 Å². The Morgan fingerprint density at radius 3 is 2.96 bits per heavy atom. The zero-order valence-electron chi connectivity index (χ0n) is 16.1. The van der Waals surface area contributed by atoms with Gasteiger partial charge >= 0.3 is 0 Å². The van der Waals surface area contributed by atoms with Crippen molar-refractivity contribution >= 4 is 41.3 Å². The monoisotopic (exact) mass is 505 g/mol. The smallest absolute Gasteiger partial charge is 0.191 e. The Balaban J connectivity index is 0.00000261. The van der Waals surface area contributed by atoms with Crippen molar-refractivity contribution in [1.82, 2.24) is 30.4 Å². The second-order valence-corrected chi connectivity index (χ2v) is 7.16. The van der Waals surface area contributed by atoms with Gasteiger partial charge in [-0.05, 0) is 19.8 Å². The topological polar surface area (TPSA) is 89.2 Å². The van der Waals surface area contributed by atoms with Crippen molar-refractivity contribution < 1.29 is 4.74 Å². The van der Waals surface area contributed by atoms with Crippen LogP contribution in [0.4, 0.5) is 0 Å². The maximum Gasteiger partial charge on any atom is 0.191 e. The van der Waals surface area contributed by atoms with Crippen LogP contribution < -0.4 is 10.6 Å². The molecule has 1 unspecified atom stereocenters. The van der Waals surface area contributed by atoms with Crippen LogP contribution in [0, 0.1) is 0 Å². The molecule has 2 N–H and O–H groups in total. The molecule has 0 saturated heterocycles. The van der Waals surface area contributed by atoms with E-state index in [1.807, 2.05) is 4.68 Å². The van der Waals surface area contributed by atoms with E-state index in [0.29, 0.717) is 13.2 Å². The highest BCUT2D eigenvalue weighted by molar-refractivity contribution is 14.0. The molecule has 150 valence electrons. The van der Waals surface area contributed by atoms with Gasteiger partial charge in [0.15, 0.2) is 11.8 Å². The molecule has 0 saturated carbocycles. The Labute approximate surface area is 181 Å². The molecule has 10 heteroatoms. The van der Waals surface area contributed by atoms with Gasteiger partial charge in [0.2, 0.25) is 0 Å². The number of halogens is 1. The highest BCUT2D eigenvalue weighted by Crippen LogP contribution is 2.14. The van der Waals surface area contributed by atoms with E-state index >= 15 is 0 Å². The maximum absolute atomic E-state index is 5.12. The molecule has 0 bridgehead atoms. The van der Waals surface area contributed by atoms with E-state index < -0.39 is 0 Å². The molecule has 0 aromatic carbocycles. The minimum atomic E-state index is 0. The van der Waals surface area contributed by atoms with E-state index in [1.54, 1.807) is 18.4 Å². The summed E-state index contributed by atoms with van der Waals surface area (Å²) < 4.78 is 7.10. The normalized spacial score (nSPS) is 16.6. The van der Waals surface area contributed by atoms with E-state index in [9.17, 15) is 0 Å². The quantitative estimate of drug-likeness (QED) is 0.341. The van der Waals surface area contributed by atoms with E-state index in [1.165, 1.54) is 0 Å². The second kappa shape index (κ2) is 10.9. The van der Waals surface area contributed by atoms with Gasteiger partial charge in [-0.15, -0.1) is 35.3 Å². The summed E-state index contributed by atoms with van der Waals surface area (Å²) >= 11 is 1.70. The average molecular weight is 505 g/mol. The lowest BCUT2D eigenvalue weighted by Gasteiger charge is -2.25. The number of guanidine groups is 1. The van der Waals surface area contributed by atoms with Gasteiger partial charge in [0.05, 0.1) is 23.8 Å². The van der Waals surface area contributed by atoms with Gasteiger partial charge in [0.1, 0.15) is 12.4 Å². The summed E-state index contributed by atoms with van der Waals surface area (Å²) in [7, 11) is 1.66. The summed E-state index contributed by atoms with van der Waals surface area (Å²) in [5.74, 6) is 2.61. The van der Waals surface area contributed by atoms with Crippen molar-refractivity contribution in [2.45, 2.75) is 58.8 Å². The van der Waals surface area contributed by atoms with Crippen LogP contribution in [-0.2, 0) is 37.3 Å². The molecule has 3 heterocycles. The molecule has 0 radical (unpaired) electrons. The van der Waals surface area contributed by atoms with Crippen molar-refractivity contribution in [2.75, 3.05) is 13.7 Å². The molecule has 2 aromatic heterocycles. The Bertz CT molecular complexity index is 745. The molecule has 1 aliphatic heterocycles. The number of thiazole rings is 1. The molecular formula is C17H28IN7OS. The summed E-state index contributed by atoms with van der Waals surface area (Å²) in [5, 5.41) is 14.6. The van der Waals surface area contributed by atoms with E-state index in [2.05, 4.69) is 49.9 Å². The third kappa shape index (κ3) is 6.11. The van der Waals surface area contributed by atoms with Crippen LogP contribution in [0.1, 0.15) is 42.6 Å². The molecule has 2 aromatic rings. The zero-order chi connectivity index (χ0) is 18.4. The largest absolute Gasteiger partial charge is 0.377 e. The molecule has 0 spiro atoms. The lowest BCUT2D eigenvalue weighted by Crippen LogP contribution is -2.47. The Kier molecular flexibility index (Phi) is 8.90. The fraction of sp³-hybridized carbons (Fsp3) is 0.647. The van der Waals surface area contributed by atoms with Gasteiger partial charge in [0, 0.05) is 31.5 Å². The number of aromatic nitrogens is 4. The summed E-state index contributed by atoms with van der Waals surface area (Å²) in [5.41, 5.74) is 1.02. The number of rotatable bonds is 7. The number of nitrogens with zero attached hydrogens (tertiary/aromatic N) is 5. The standard InChI is InChI=1S/C17H27N7OS.HI/c1-4-16-20-13(11-26-16)8-19-17(18-5-2)21-12-6-7-15-22-14(10-25-3)23-24(15)9-12;/h11-12H,4-10H2,1-3H3,(H2,18,19,21);1H. The fourth-order valence-corrected chi connectivity index (χ4v) is 3.66. The second-order valence-electron chi connectivity index (χ2n) is 6.22. The predicted octanol–water partition coefficient (Wildman–Crippen LogP) is 2.13. The first-order chi connectivity index (χ1) is 12.7. The molecule has 3 rings (SSSR count). The Morgan fingerprint density at radius 2 is 2.26 bits per heavy atom. The minimum Gasteiger partial charge on any atom is -0.377 e. The lowest BCUT2D eigenvalue weighted by molar-refractivity contribution is 0.177. The summed E-state index contributed by atoms with van der Waals surface area (Å²) in [6.45, 7) is 6.84. The van der Waals surface area contributed by atoms with Crippen LogP contribution in [0.15, 0.2) is 10.4 Å². The number of ether oxygens (including phenoxy) is 1. The average Bonchev–Trinajstić information content (AvgIpc) is 3.26. The number of aliphatic imine (C=N–C) groups is 1. The van der Waals surface area contributed by atoms with Crippen molar-refractivity contribution in [2.24, 2.45) is 4.99 Å². The predicted molar refractivity (Wildman–Crippen MR) is 118 cm³/mol. The minimum absolute atomic E-state index is 0. The number of hydrogen-bond acceptors (Lipinski definition) is 6. The Morgan fingerprint density at radius 1 is 1.41 bits per heavy atom. The number of fused-ring (bicyclic) bond motifs is 1. The van der Waals surface area contributed by atoms with E-state index in [4.69, 9.17) is 4.74 Å². The van der Waals surface area contributed by atoms with Crippen molar-refractivity contribution in [3.05, 3.63) is 27.7 Å². The maximum atomic E-state index is 5.12. The van der Waals surface area contributed by atoms with Crippen LogP contribution in [0.2, 0.25) is 0 Å². The molecule has 0 amide bonds. The van der Waals surface area contributed by atoms with Crippen LogP contribution in [0.3, 0.4) is 0 Å². The molecule has 1 atom stereocenters. The van der Waals surface area contributed by atoms with Crippen molar-refractivity contribution in [1.29, 1.82) is 0 Å². The first kappa shape index (κ1) is 22.0. The highest BCUT2D eigenvalue weighted by atomic mass is 127. The summed E-state index contributed by atoms with van der Waals surface area (Å²) in [6, 6.07) is 0.277. The SMILES string of the molecule is CCNC(=NCc1csc(CC)n1)NC1CCc2nc(COC)nn2C1.I. The van der Waals surface area contributed by atoms with Gasteiger partial charge in [-0.3, -0.25) is 0 Å². The molecule has 8 nitrogen and oxygen atoms in total. The molecule has 1 aliphatic rings. The van der Waals surface area contributed by atoms with Gasteiger partial charge in [-0.2, -0.15) is 5.10 Å². The summed E-state index contributed by atoms with van der Waals surface area (Å²) in [4.78, 5) is 13.8. The third-order valence-electron chi connectivity index (χ3n) is 4.16. The van der Waals surface area contributed by atoms with Crippen molar-refractivity contribution in [3.8, 4) is 0 Å². The van der Waals surface area contributed by atoms with Crippen LogP contribution >= 0.6 is 35.3 Å². The number of methoxy groups -OCH3 is 1. The first-order valence-corrected chi connectivity index (χ1v) is 9.99. The number of hydrogen-bond donors (Lipinski definition) is 2. The molecule has 27 heavy (non-hydrogen) atoms. The van der Waals surface area contributed by atoms with Gasteiger partial charge in [-0.1, -0.05) is 6.92 Å². The van der Waals surface area contributed by atoms with Gasteiger partial charge < -0.3 is 15.4 Å². The number of nitrogens with one attached hydrogen (secondary N) is 2. The third-order valence-corrected chi connectivity index (χ3v) is 5.20. The first-order valence-electron chi connectivity index (χ1n) is 9.11. The molecule has 0 aliphatic carbocycles. The fourth-order valence-electron chi connectivity index (χ4n) is 2.93. The van der Waals surface area contributed by atoms with E-state index in [-0.39, 0.29) is 30.0 Å². The molecule has 0 fully saturated rings. The van der Waals surface area contributed by atoms with Gasteiger partial charge in [0.25, 0.3) is 0 Å². The number of aryl methyl sites for hydroxylation is 2. The van der Waals surface area contributed by atoms with Gasteiger partial charge in [-0.25, -0.2) is 19.6 Å². The summed E-state index contributed by atoms with van der Waals surface area (Å²) in [6.07, 6.45) is 2.88. The van der Waals surface area contributed by atoms with Crippen molar-refractivity contribution in [3.63, 3.8) is 0 Å². The van der Waals surface area contributed by atoms with Crippen LogP contribution in [0.25, 0.3) is 0 Å². The zero-order valence-corrected chi connectivity index (χ0v) is 19.2. The highest BCUT2D eigenvalue weighted by Gasteiger charge is 2.22. The lowest BCUT2D eigenvalue weighted by atomic mass is 10.1. The molecular weight excluding hydrogens is 477 g/mol. The Hall–Kier alpha value is -1.27.